The molecule has 1 aromatic carbocycles. The van der Waals surface area contributed by atoms with Crippen molar-refractivity contribution in [2.24, 2.45) is 0 Å². The second-order valence-electron chi connectivity index (χ2n) is 6.38. The predicted octanol–water partition coefficient (Wildman–Crippen LogP) is 6.04. The number of allylic oxidation sites excluding steroid dienone is 3. The van der Waals surface area contributed by atoms with Crippen LogP contribution in [0, 0.1) is 0 Å². The first kappa shape index (κ1) is 20.0. The molecular formula is C19H19Cl3FNO. The zero-order valence-electron chi connectivity index (χ0n) is 14.0. The van der Waals surface area contributed by atoms with Crippen LogP contribution in [0.25, 0.3) is 0 Å². The van der Waals surface area contributed by atoms with Gasteiger partial charge in [-0.2, -0.15) is 0 Å². The van der Waals surface area contributed by atoms with Crippen LogP contribution in [0.15, 0.2) is 48.1 Å². The van der Waals surface area contributed by atoms with E-state index in [0.29, 0.717) is 34.1 Å². The van der Waals surface area contributed by atoms with Gasteiger partial charge in [0.2, 0.25) is 5.91 Å². The van der Waals surface area contributed by atoms with Crippen molar-refractivity contribution in [3.63, 3.8) is 0 Å². The van der Waals surface area contributed by atoms with Crippen LogP contribution in [0.4, 0.5) is 4.39 Å². The van der Waals surface area contributed by atoms with Crippen molar-refractivity contribution in [3.8, 4) is 0 Å². The van der Waals surface area contributed by atoms with Gasteiger partial charge in [-0.15, -0.1) is 0 Å². The molecule has 1 aliphatic carbocycles. The molecule has 134 valence electrons. The smallest absolute Gasteiger partial charge is 0.244 e. The molecule has 0 spiro atoms. The molecule has 25 heavy (non-hydrogen) atoms. The lowest BCUT2D eigenvalue weighted by Gasteiger charge is -2.06. The van der Waals surface area contributed by atoms with Gasteiger partial charge in [0.15, 0.2) is 0 Å². The summed E-state index contributed by atoms with van der Waals surface area (Å²) in [6.45, 7) is 7.70. The molecule has 1 fully saturated rings. The molecule has 1 unspecified atom stereocenters. The molecule has 0 aliphatic heterocycles. The Hall–Kier alpha value is -1.29. The van der Waals surface area contributed by atoms with Gasteiger partial charge < -0.3 is 5.32 Å². The fourth-order valence-electron chi connectivity index (χ4n) is 2.42. The summed E-state index contributed by atoms with van der Waals surface area (Å²) in [6.07, 6.45) is 4.86. The van der Waals surface area contributed by atoms with Crippen LogP contribution < -0.4 is 5.32 Å². The highest BCUT2D eigenvalue weighted by molar-refractivity contribution is 6.48. The highest BCUT2D eigenvalue weighted by atomic mass is 35.5. The van der Waals surface area contributed by atoms with Crippen molar-refractivity contribution in [2.45, 2.75) is 31.9 Å². The summed E-state index contributed by atoms with van der Waals surface area (Å²) in [7, 11) is 0. The third-order valence-corrected chi connectivity index (χ3v) is 5.09. The average molecular weight is 403 g/mol. The number of benzene rings is 1. The molecule has 0 aromatic heterocycles. The first-order chi connectivity index (χ1) is 11.6. The van der Waals surface area contributed by atoms with E-state index < -0.39 is 5.67 Å². The van der Waals surface area contributed by atoms with Gasteiger partial charge in [0.05, 0.1) is 15.1 Å². The van der Waals surface area contributed by atoms with Gasteiger partial charge in [-0.05, 0) is 49.6 Å². The third kappa shape index (κ3) is 5.34. The number of nitrogens with one attached hydrogen (secondary N) is 1. The van der Waals surface area contributed by atoms with Gasteiger partial charge >= 0.3 is 0 Å². The van der Waals surface area contributed by atoms with Crippen LogP contribution in [-0.4, -0.2) is 18.1 Å². The third-order valence-electron chi connectivity index (χ3n) is 3.89. The highest BCUT2D eigenvalue weighted by Crippen LogP contribution is 2.56. The standard InChI is InChI=1S/C19H19Cl3FNO/c1-11(2)10-24-17(25)6-12(3)4-5-19(23)9-14(19)13-7-15(20)18(22)16(21)8-13/h4-8,14H,1,9-10H2,2-3H3,(H,24,25)/t14?,19-/m0/s1. The van der Waals surface area contributed by atoms with Crippen molar-refractivity contribution in [1.29, 1.82) is 0 Å². The molecule has 1 N–H and O–H groups in total. The Morgan fingerprint density at radius 1 is 1.36 bits per heavy atom. The van der Waals surface area contributed by atoms with Gasteiger partial charge in [0.1, 0.15) is 5.67 Å². The Balaban J connectivity index is 2.02. The molecule has 1 saturated carbocycles. The zero-order valence-corrected chi connectivity index (χ0v) is 16.3. The Kier molecular flexibility index (Phi) is 6.36. The van der Waals surface area contributed by atoms with E-state index in [4.69, 9.17) is 34.8 Å². The van der Waals surface area contributed by atoms with Crippen LogP contribution in [0.1, 0.15) is 31.7 Å². The lowest BCUT2D eigenvalue weighted by atomic mass is 10.1. The first-order valence-electron chi connectivity index (χ1n) is 7.75. The number of rotatable bonds is 6. The molecule has 2 atom stereocenters. The summed E-state index contributed by atoms with van der Waals surface area (Å²) in [5.41, 5.74) is 0.768. The van der Waals surface area contributed by atoms with Crippen LogP contribution in [0.3, 0.4) is 0 Å². The molecule has 2 nitrogen and oxygen atoms in total. The van der Waals surface area contributed by atoms with Crippen molar-refractivity contribution in [3.05, 3.63) is 68.7 Å². The van der Waals surface area contributed by atoms with Crippen LogP contribution in [-0.2, 0) is 4.79 Å². The van der Waals surface area contributed by atoms with E-state index >= 15 is 0 Å². The summed E-state index contributed by atoms with van der Waals surface area (Å²) >= 11 is 17.9. The summed E-state index contributed by atoms with van der Waals surface area (Å²) in [5.74, 6) is -0.553. The number of hydrogen-bond acceptors (Lipinski definition) is 1. The van der Waals surface area contributed by atoms with E-state index in [1.54, 1.807) is 25.1 Å². The number of amides is 1. The fraction of sp³-hybridized carbons (Fsp3) is 0.316. The maximum atomic E-state index is 14.8. The van der Waals surface area contributed by atoms with Crippen LogP contribution in [0.2, 0.25) is 15.1 Å². The van der Waals surface area contributed by atoms with Crippen molar-refractivity contribution >= 4 is 40.7 Å². The lowest BCUT2D eigenvalue weighted by Crippen LogP contribution is -2.22. The zero-order chi connectivity index (χ0) is 18.8. The average Bonchev–Trinajstić information content (AvgIpc) is 3.20. The number of alkyl halides is 1. The molecule has 1 aromatic rings. The Morgan fingerprint density at radius 3 is 2.52 bits per heavy atom. The van der Waals surface area contributed by atoms with Gasteiger partial charge in [0, 0.05) is 18.5 Å². The molecular weight excluding hydrogens is 384 g/mol. The Bertz CT molecular complexity index is 749. The van der Waals surface area contributed by atoms with E-state index in [0.717, 1.165) is 5.57 Å². The van der Waals surface area contributed by atoms with Gasteiger partial charge in [-0.3, -0.25) is 4.79 Å². The minimum absolute atomic E-state index is 0.235. The van der Waals surface area contributed by atoms with Gasteiger partial charge in [0.25, 0.3) is 0 Å². The lowest BCUT2D eigenvalue weighted by molar-refractivity contribution is -0.116. The van der Waals surface area contributed by atoms with E-state index in [9.17, 15) is 9.18 Å². The normalized spacial score (nSPS) is 23.0. The maximum absolute atomic E-state index is 14.8. The molecule has 0 saturated heterocycles. The van der Waals surface area contributed by atoms with Crippen molar-refractivity contribution in [1.82, 2.24) is 5.32 Å². The Morgan fingerprint density at radius 2 is 1.96 bits per heavy atom. The fourth-order valence-corrected chi connectivity index (χ4v) is 3.04. The molecule has 0 radical (unpaired) electrons. The molecule has 1 aliphatic rings. The first-order valence-corrected chi connectivity index (χ1v) is 8.89. The van der Waals surface area contributed by atoms with E-state index in [-0.39, 0.29) is 16.8 Å². The van der Waals surface area contributed by atoms with Gasteiger partial charge in [-0.25, -0.2) is 4.39 Å². The summed E-state index contributed by atoms with van der Waals surface area (Å²) in [4.78, 5) is 11.7. The number of hydrogen-bond donors (Lipinski definition) is 1. The summed E-state index contributed by atoms with van der Waals surface area (Å²) < 4.78 is 14.8. The van der Waals surface area contributed by atoms with E-state index in [2.05, 4.69) is 11.9 Å². The van der Waals surface area contributed by atoms with E-state index in [1.807, 2.05) is 6.92 Å². The Labute approximate surface area is 162 Å². The molecule has 0 heterocycles. The second kappa shape index (κ2) is 7.94. The number of halogens is 4. The SMILES string of the molecule is C=C(C)CNC(=O)C=C(C)C=C[C@]1(F)CC1c1cc(Cl)c(Cl)c(Cl)c1. The van der Waals surface area contributed by atoms with Gasteiger partial charge in [-0.1, -0.05) is 53.0 Å². The largest absolute Gasteiger partial charge is 0.349 e. The van der Waals surface area contributed by atoms with Crippen LogP contribution in [0.5, 0.6) is 0 Å². The number of carbonyl (C=O) groups is 1. The molecule has 2 rings (SSSR count). The minimum atomic E-state index is -1.47. The monoisotopic (exact) mass is 401 g/mol. The van der Waals surface area contributed by atoms with E-state index in [1.165, 1.54) is 12.2 Å². The van der Waals surface area contributed by atoms with Crippen LogP contribution >= 0.6 is 34.8 Å². The molecule has 1 amide bonds. The molecule has 0 bridgehead atoms. The minimum Gasteiger partial charge on any atom is -0.349 e. The highest BCUT2D eigenvalue weighted by Gasteiger charge is 2.54. The topological polar surface area (TPSA) is 29.1 Å². The van der Waals surface area contributed by atoms with Crippen molar-refractivity contribution < 1.29 is 9.18 Å². The predicted molar refractivity (Wildman–Crippen MR) is 103 cm³/mol. The second-order valence-corrected chi connectivity index (χ2v) is 7.57. The summed E-state index contributed by atoms with van der Waals surface area (Å²) in [5, 5.41) is 3.59. The number of carbonyl (C=O) groups excluding carboxylic acids is 1. The summed E-state index contributed by atoms with van der Waals surface area (Å²) in [6, 6.07) is 3.28. The molecule has 6 heteroatoms. The van der Waals surface area contributed by atoms with Crippen molar-refractivity contribution in [2.75, 3.05) is 6.54 Å². The quantitative estimate of drug-likeness (QED) is 0.267. The maximum Gasteiger partial charge on any atom is 0.244 e.